The van der Waals surface area contributed by atoms with E-state index in [2.05, 4.69) is 18.5 Å². The second-order valence-corrected chi connectivity index (χ2v) is 3.25. The Kier molecular flexibility index (Phi) is 5.88. The van der Waals surface area contributed by atoms with Crippen LogP contribution in [0, 0.1) is 0 Å². The molecule has 92 valence electrons. The molecule has 0 unspecified atom stereocenters. The summed E-state index contributed by atoms with van der Waals surface area (Å²) in [6.07, 6.45) is -3.64. The molecule has 0 fully saturated rings. The summed E-state index contributed by atoms with van der Waals surface area (Å²) in [6, 6.07) is 0. The van der Waals surface area contributed by atoms with Gasteiger partial charge in [-0.1, -0.05) is 18.7 Å². The van der Waals surface area contributed by atoms with Crippen molar-refractivity contribution in [1.82, 2.24) is 5.32 Å². The summed E-state index contributed by atoms with van der Waals surface area (Å²) >= 11 is 0. The van der Waals surface area contributed by atoms with Gasteiger partial charge in [0.25, 0.3) is 0 Å². The predicted octanol–water partition coefficient (Wildman–Crippen LogP) is 2.54. The molecule has 0 saturated carbocycles. The van der Waals surface area contributed by atoms with Crippen molar-refractivity contribution in [1.29, 1.82) is 0 Å². The second-order valence-electron chi connectivity index (χ2n) is 3.25. The van der Waals surface area contributed by atoms with Gasteiger partial charge in [0.1, 0.15) is 0 Å². The minimum atomic E-state index is -4.38. The monoisotopic (exact) mass is 235 g/mol. The Morgan fingerprint density at radius 1 is 1.50 bits per heavy atom. The number of hydrogen-bond donors (Lipinski definition) is 2. The maximum absolute atomic E-state index is 12.4. The molecule has 0 aliphatic carbocycles. The third kappa shape index (κ3) is 5.02. The lowest BCUT2D eigenvalue weighted by Crippen LogP contribution is -2.20. The summed E-state index contributed by atoms with van der Waals surface area (Å²) in [5.41, 5.74) is -0.415. The van der Waals surface area contributed by atoms with Crippen LogP contribution in [0.2, 0.25) is 0 Å². The first-order valence-electron chi connectivity index (χ1n) is 4.74. The standard InChI is InChI=1S/C11H16F3NO/c1-4-5-9(11(12,13)14)6-7-10(16)8(2)15-3/h4,6,10,15-16H,1-2,5,7H2,3H3/b9-6+/t10-/m0/s1. The number of rotatable bonds is 6. The van der Waals surface area contributed by atoms with E-state index in [1.807, 2.05) is 0 Å². The van der Waals surface area contributed by atoms with Crippen molar-refractivity contribution >= 4 is 0 Å². The number of halogens is 3. The van der Waals surface area contributed by atoms with Gasteiger partial charge in [-0.05, 0) is 12.8 Å². The molecule has 0 bridgehead atoms. The maximum atomic E-state index is 12.4. The van der Waals surface area contributed by atoms with E-state index in [-0.39, 0.29) is 18.5 Å². The molecule has 16 heavy (non-hydrogen) atoms. The maximum Gasteiger partial charge on any atom is 0.412 e. The number of allylic oxidation sites excluding steroid dienone is 2. The average Bonchev–Trinajstić information content (AvgIpc) is 2.20. The lowest BCUT2D eigenvalue weighted by molar-refractivity contribution is -0.0932. The van der Waals surface area contributed by atoms with E-state index >= 15 is 0 Å². The van der Waals surface area contributed by atoms with Crippen LogP contribution in [0.4, 0.5) is 13.2 Å². The van der Waals surface area contributed by atoms with Crippen LogP contribution >= 0.6 is 0 Å². The number of aliphatic hydroxyl groups excluding tert-OH is 1. The van der Waals surface area contributed by atoms with Crippen molar-refractivity contribution < 1.29 is 18.3 Å². The molecule has 2 nitrogen and oxygen atoms in total. The zero-order chi connectivity index (χ0) is 12.8. The molecule has 0 aliphatic rings. The van der Waals surface area contributed by atoms with Crippen molar-refractivity contribution in [2.45, 2.75) is 25.1 Å². The Labute approximate surface area is 93.2 Å². The summed E-state index contributed by atoms with van der Waals surface area (Å²) < 4.78 is 37.2. The third-order valence-corrected chi connectivity index (χ3v) is 2.04. The first kappa shape index (κ1) is 14.8. The van der Waals surface area contributed by atoms with E-state index in [1.54, 1.807) is 7.05 Å². The summed E-state index contributed by atoms with van der Waals surface area (Å²) in [4.78, 5) is 0. The number of hydrogen-bond acceptors (Lipinski definition) is 2. The zero-order valence-corrected chi connectivity index (χ0v) is 9.14. The normalized spacial score (nSPS) is 14.4. The van der Waals surface area contributed by atoms with Crippen LogP contribution in [0.25, 0.3) is 0 Å². The van der Waals surface area contributed by atoms with E-state index in [4.69, 9.17) is 0 Å². The van der Waals surface area contributed by atoms with Gasteiger partial charge in [-0.25, -0.2) is 0 Å². The van der Waals surface area contributed by atoms with Gasteiger partial charge in [0, 0.05) is 18.3 Å². The van der Waals surface area contributed by atoms with Crippen molar-refractivity contribution in [2.24, 2.45) is 0 Å². The fourth-order valence-corrected chi connectivity index (χ4v) is 1.03. The highest BCUT2D eigenvalue weighted by atomic mass is 19.4. The Balaban J connectivity index is 4.57. The number of alkyl halides is 3. The molecule has 0 amide bonds. The van der Waals surface area contributed by atoms with Crippen LogP contribution in [-0.4, -0.2) is 24.4 Å². The van der Waals surface area contributed by atoms with Gasteiger partial charge >= 0.3 is 6.18 Å². The molecule has 0 aromatic rings. The average molecular weight is 235 g/mol. The van der Waals surface area contributed by atoms with Gasteiger partial charge in [0.05, 0.1) is 6.10 Å². The highest BCUT2D eigenvalue weighted by molar-refractivity contribution is 5.14. The molecule has 1 atom stereocenters. The van der Waals surface area contributed by atoms with Crippen molar-refractivity contribution in [3.63, 3.8) is 0 Å². The van der Waals surface area contributed by atoms with Crippen LogP contribution in [-0.2, 0) is 0 Å². The van der Waals surface area contributed by atoms with Crippen LogP contribution < -0.4 is 5.32 Å². The van der Waals surface area contributed by atoms with Crippen molar-refractivity contribution in [3.05, 3.63) is 36.6 Å². The van der Waals surface area contributed by atoms with E-state index in [0.29, 0.717) is 0 Å². The molecule has 0 radical (unpaired) electrons. The van der Waals surface area contributed by atoms with Crippen molar-refractivity contribution in [3.8, 4) is 0 Å². The minimum absolute atomic E-state index is 0.123. The number of likely N-dealkylation sites (N-methyl/N-ethyl adjacent to an activating group) is 1. The smallest absolute Gasteiger partial charge is 0.390 e. The Hall–Kier alpha value is -1.23. The molecular formula is C11H16F3NO. The van der Waals surface area contributed by atoms with Crippen LogP contribution in [0.3, 0.4) is 0 Å². The van der Waals surface area contributed by atoms with Crippen LogP contribution in [0.15, 0.2) is 36.6 Å². The van der Waals surface area contributed by atoms with Crippen LogP contribution in [0.5, 0.6) is 0 Å². The molecule has 5 heteroatoms. The molecule has 0 aromatic carbocycles. The fraction of sp³-hybridized carbons (Fsp3) is 0.455. The van der Waals surface area contributed by atoms with E-state index < -0.39 is 17.9 Å². The van der Waals surface area contributed by atoms with Crippen LogP contribution in [0.1, 0.15) is 12.8 Å². The minimum Gasteiger partial charge on any atom is -0.390 e. The zero-order valence-electron chi connectivity index (χ0n) is 9.14. The van der Waals surface area contributed by atoms with E-state index in [0.717, 1.165) is 6.08 Å². The molecule has 0 saturated heterocycles. The van der Waals surface area contributed by atoms with Gasteiger partial charge in [-0.3, -0.25) is 0 Å². The molecule has 2 N–H and O–H groups in total. The summed E-state index contributed by atoms with van der Waals surface area (Å²) in [6.45, 7) is 6.73. The van der Waals surface area contributed by atoms with Gasteiger partial charge in [-0.2, -0.15) is 13.2 Å². The highest BCUT2D eigenvalue weighted by Gasteiger charge is 2.32. The lowest BCUT2D eigenvalue weighted by atomic mass is 10.1. The third-order valence-electron chi connectivity index (χ3n) is 2.04. The molecule has 0 aromatic heterocycles. The van der Waals surface area contributed by atoms with E-state index in [1.165, 1.54) is 6.08 Å². The first-order valence-corrected chi connectivity index (χ1v) is 4.74. The van der Waals surface area contributed by atoms with Gasteiger partial charge < -0.3 is 10.4 Å². The SMILES string of the molecule is C=CC/C(=C\C[C@H](O)C(=C)NC)C(F)(F)F. The largest absolute Gasteiger partial charge is 0.412 e. The highest BCUT2D eigenvalue weighted by Crippen LogP contribution is 2.29. The Morgan fingerprint density at radius 2 is 2.06 bits per heavy atom. The van der Waals surface area contributed by atoms with Gasteiger partial charge in [-0.15, -0.1) is 6.58 Å². The number of nitrogens with one attached hydrogen (secondary N) is 1. The molecule has 0 rings (SSSR count). The fourth-order valence-electron chi connectivity index (χ4n) is 1.03. The summed E-state index contributed by atoms with van der Waals surface area (Å²) in [5.74, 6) is 0. The predicted molar refractivity (Wildman–Crippen MR) is 57.8 cm³/mol. The molecule has 0 heterocycles. The quantitative estimate of drug-likeness (QED) is 0.693. The Morgan fingerprint density at radius 3 is 2.44 bits per heavy atom. The topological polar surface area (TPSA) is 32.3 Å². The van der Waals surface area contributed by atoms with Gasteiger partial charge in [0.15, 0.2) is 0 Å². The Bertz CT molecular complexity index is 281. The van der Waals surface area contributed by atoms with Gasteiger partial charge in [0.2, 0.25) is 0 Å². The molecule has 0 spiro atoms. The molecule has 0 aliphatic heterocycles. The second kappa shape index (κ2) is 6.37. The first-order chi connectivity index (χ1) is 7.32. The number of aliphatic hydroxyl groups is 1. The summed E-state index contributed by atoms with van der Waals surface area (Å²) in [5, 5.41) is 12.0. The van der Waals surface area contributed by atoms with E-state index in [9.17, 15) is 18.3 Å². The summed E-state index contributed by atoms with van der Waals surface area (Å²) in [7, 11) is 1.55. The van der Waals surface area contributed by atoms with Crippen molar-refractivity contribution in [2.75, 3.05) is 7.05 Å². The molecular weight excluding hydrogens is 219 g/mol. The lowest BCUT2D eigenvalue weighted by Gasteiger charge is -2.13.